The standard InChI is InChI=1S/C19H21Cl2NO3/c1-23-15-3-5-16(6-4-15)24-13-19(8-9-22-10-11-25-19)14-2-7-17(20)18(21)12-14/h2-7,12,22H,8-11,13H2,1H3/t19-/m1/s1. The molecule has 0 radical (unpaired) electrons. The lowest BCUT2D eigenvalue weighted by molar-refractivity contribution is -0.0724. The molecule has 0 spiro atoms. The summed E-state index contributed by atoms with van der Waals surface area (Å²) in [6, 6.07) is 13.1. The van der Waals surface area contributed by atoms with Crippen molar-refractivity contribution in [2.75, 3.05) is 33.4 Å². The highest BCUT2D eigenvalue weighted by Gasteiger charge is 2.36. The van der Waals surface area contributed by atoms with E-state index in [0.29, 0.717) is 23.3 Å². The van der Waals surface area contributed by atoms with Crippen LogP contribution in [0.25, 0.3) is 0 Å². The summed E-state index contributed by atoms with van der Waals surface area (Å²) >= 11 is 12.3. The van der Waals surface area contributed by atoms with E-state index in [0.717, 1.165) is 36.6 Å². The van der Waals surface area contributed by atoms with E-state index in [-0.39, 0.29) is 0 Å². The van der Waals surface area contributed by atoms with E-state index in [1.807, 2.05) is 36.4 Å². The molecule has 1 aliphatic rings. The van der Waals surface area contributed by atoms with Crippen LogP contribution in [-0.4, -0.2) is 33.4 Å². The van der Waals surface area contributed by atoms with Crippen molar-refractivity contribution in [3.05, 3.63) is 58.1 Å². The first-order valence-corrected chi connectivity index (χ1v) is 8.96. The van der Waals surface area contributed by atoms with Crippen molar-refractivity contribution in [3.63, 3.8) is 0 Å². The van der Waals surface area contributed by atoms with E-state index in [9.17, 15) is 0 Å². The number of hydrogen-bond acceptors (Lipinski definition) is 4. The first kappa shape index (κ1) is 18.3. The maximum absolute atomic E-state index is 6.23. The molecule has 2 aromatic rings. The predicted molar refractivity (Wildman–Crippen MR) is 100 cm³/mol. The zero-order chi connectivity index (χ0) is 17.7. The average Bonchev–Trinajstić information content (AvgIpc) is 2.89. The van der Waals surface area contributed by atoms with Crippen LogP contribution in [0, 0.1) is 0 Å². The van der Waals surface area contributed by atoms with Crippen molar-refractivity contribution in [1.29, 1.82) is 0 Å². The fourth-order valence-corrected chi connectivity index (χ4v) is 3.18. The van der Waals surface area contributed by atoms with Gasteiger partial charge in [0.2, 0.25) is 0 Å². The maximum Gasteiger partial charge on any atom is 0.128 e. The number of rotatable bonds is 5. The second-order valence-electron chi connectivity index (χ2n) is 5.94. The molecule has 0 aromatic heterocycles. The van der Waals surface area contributed by atoms with Gasteiger partial charge < -0.3 is 19.5 Å². The van der Waals surface area contributed by atoms with Crippen LogP contribution in [0.4, 0.5) is 0 Å². The van der Waals surface area contributed by atoms with Crippen LogP contribution < -0.4 is 14.8 Å². The fourth-order valence-electron chi connectivity index (χ4n) is 2.88. The predicted octanol–water partition coefficient (Wildman–Crippen LogP) is 4.29. The minimum atomic E-state index is -0.572. The van der Waals surface area contributed by atoms with Crippen LogP contribution in [0.2, 0.25) is 10.0 Å². The van der Waals surface area contributed by atoms with E-state index in [1.54, 1.807) is 13.2 Å². The lowest BCUT2D eigenvalue weighted by Crippen LogP contribution is -2.37. The Kier molecular flexibility index (Phi) is 6.07. The Labute approximate surface area is 158 Å². The molecule has 134 valence electrons. The Hall–Kier alpha value is -1.46. The Balaban J connectivity index is 1.84. The first-order chi connectivity index (χ1) is 12.1. The van der Waals surface area contributed by atoms with Crippen molar-refractivity contribution < 1.29 is 14.2 Å². The van der Waals surface area contributed by atoms with E-state index in [1.165, 1.54) is 0 Å². The molecule has 0 unspecified atom stereocenters. The third-order valence-electron chi connectivity index (χ3n) is 4.34. The summed E-state index contributed by atoms with van der Waals surface area (Å²) in [5.41, 5.74) is 0.400. The zero-order valence-electron chi connectivity index (χ0n) is 14.1. The van der Waals surface area contributed by atoms with Crippen molar-refractivity contribution in [1.82, 2.24) is 5.32 Å². The van der Waals surface area contributed by atoms with Crippen LogP contribution in [0.15, 0.2) is 42.5 Å². The third kappa shape index (κ3) is 4.39. The van der Waals surface area contributed by atoms with Gasteiger partial charge in [-0.1, -0.05) is 29.3 Å². The number of hydrogen-bond donors (Lipinski definition) is 1. The lowest BCUT2D eigenvalue weighted by Gasteiger charge is -2.33. The SMILES string of the molecule is COc1ccc(OC[C@@]2(c3ccc(Cl)c(Cl)c3)CCNCCO2)cc1. The molecule has 1 atom stereocenters. The summed E-state index contributed by atoms with van der Waals surface area (Å²) in [7, 11) is 1.64. The van der Waals surface area contributed by atoms with Gasteiger partial charge in [0.25, 0.3) is 0 Å². The summed E-state index contributed by atoms with van der Waals surface area (Å²) in [5, 5.41) is 4.40. The number of halogens is 2. The molecular weight excluding hydrogens is 361 g/mol. The van der Waals surface area contributed by atoms with E-state index in [4.69, 9.17) is 37.4 Å². The molecular formula is C19H21Cl2NO3. The van der Waals surface area contributed by atoms with Crippen molar-refractivity contribution >= 4 is 23.2 Å². The number of ether oxygens (including phenoxy) is 3. The number of benzene rings is 2. The zero-order valence-corrected chi connectivity index (χ0v) is 15.6. The monoisotopic (exact) mass is 381 g/mol. The lowest BCUT2D eigenvalue weighted by atomic mass is 9.91. The Morgan fingerprint density at radius 1 is 1.04 bits per heavy atom. The van der Waals surface area contributed by atoms with Gasteiger partial charge in [-0.2, -0.15) is 0 Å². The van der Waals surface area contributed by atoms with Gasteiger partial charge in [0.1, 0.15) is 23.7 Å². The minimum Gasteiger partial charge on any atom is -0.497 e. The summed E-state index contributed by atoms with van der Waals surface area (Å²) in [5.74, 6) is 1.56. The van der Waals surface area contributed by atoms with Gasteiger partial charge in [-0.3, -0.25) is 0 Å². The van der Waals surface area contributed by atoms with Gasteiger partial charge in [-0.15, -0.1) is 0 Å². The molecule has 4 nitrogen and oxygen atoms in total. The Morgan fingerprint density at radius 2 is 1.80 bits per heavy atom. The smallest absolute Gasteiger partial charge is 0.128 e. The van der Waals surface area contributed by atoms with Crippen molar-refractivity contribution in [2.45, 2.75) is 12.0 Å². The molecule has 0 bridgehead atoms. The van der Waals surface area contributed by atoms with Crippen molar-refractivity contribution in [3.8, 4) is 11.5 Å². The second-order valence-corrected chi connectivity index (χ2v) is 6.75. The molecule has 0 amide bonds. The molecule has 1 saturated heterocycles. The second kappa shape index (κ2) is 8.28. The van der Waals surface area contributed by atoms with Crippen LogP contribution >= 0.6 is 23.2 Å². The van der Waals surface area contributed by atoms with Gasteiger partial charge in [-0.25, -0.2) is 0 Å². The van der Waals surface area contributed by atoms with Gasteiger partial charge in [0.05, 0.1) is 23.8 Å². The number of nitrogens with one attached hydrogen (secondary N) is 1. The van der Waals surface area contributed by atoms with Crippen LogP contribution in [0.1, 0.15) is 12.0 Å². The summed E-state index contributed by atoms with van der Waals surface area (Å²) in [4.78, 5) is 0. The quantitative estimate of drug-likeness (QED) is 0.838. The molecule has 0 aliphatic carbocycles. The molecule has 0 saturated carbocycles. The molecule has 3 rings (SSSR count). The van der Waals surface area contributed by atoms with Crippen LogP contribution in [-0.2, 0) is 10.3 Å². The summed E-state index contributed by atoms with van der Waals surface area (Å²) in [6.45, 7) is 2.64. The van der Waals surface area contributed by atoms with E-state index < -0.39 is 5.60 Å². The van der Waals surface area contributed by atoms with E-state index >= 15 is 0 Å². The maximum atomic E-state index is 6.23. The molecule has 25 heavy (non-hydrogen) atoms. The minimum absolute atomic E-state index is 0.388. The van der Waals surface area contributed by atoms with Gasteiger partial charge >= 0.3 is 0 Å². The fraction of sp³-hybridized carbons (Fsp3) is 0.368. The van der Waals surface area contributed by atoms with Crippen LogP contribution in [0.5, 0.6) is 11.5 Å². The number of methoxy groups -OCH3 is 1. The Morgan fingerprint density at radius 3 is 2.52 bits per heavy atom. The van der Waals surface area contributed by atoms with Gasteiger partial charge in [0.15, 0.2) is 0 Å². The normalized spacial score (nSPS) is 20.8. The molecule has 2 aromatic carbocycles. The average molecular weight is 382 g/mol. The highest BCUT2D eigenvalue weighted by atomic mass is 35.5. The molecule has 1 heterocycles. The molecule has 1 fully saturated rings. The molecule has 1 aliphatic heterocycles. The first-order valence-electron chi connectivity index (χ1n) is 8.20. The van der Waals surface area contributed by atoms with Gasteiger partial charge in [0, 0.05) is 6.54 Å². The topological polar surface area (TPSA) is 39.7 Å². The highest BCUT2D eigenvalue weighted by molar-refractivity contribution is 6.42. The van der Waals surface area contributed by atoms with Gasteiger partial charge in [-0.05, 0) is 54.9 Å². The van der Waals surface area contributed by atoms with Crippen LogP contribution in [0.3, 0.4) is 0 Å². The third-order valence-corrected chi connectivity index (χ3v) is 5.08. The largest absolute Gasteiger partial charge is 0.497 e. The highest BCUT2D eigenvalue weighted by Crippen LogP contribution is 2.35. The molecule has 1 N–H and O–H groups in total. The summed E-state index contributed by atoms with van der Waals surface area (Å²) < 4.78 is 17.4. The van der Waals surface area contributed by atoms with E-state index in [2.05, 4.69) is 5.32 Å². The molecule has 6 heteroatoms. The summed E-state index contributed by atoms with van der Waals surface area (Å²) in [6.07, 6.45) is 0.779. The van der Waals surface area contributed by atoms with Crippen molar-refractivity contribution in [2.24, 2.45) is 0 Å². The Bertz CT molecular complexity index is 698.